The smallest absolute Gasteiger partial charge is 0.0594 e. The normalized spacial score (nSPS) is 17.9. The van der Waals surface area contributed by atoms with E-state index in [0.717, 1.165) is 45.8 Å². The van der Waals surface area contributed by atoms with Gasteiger partial charge in [-0.05, 0) is 24.6 Å². The summed E-state index contributed by atoms with van der Waals surface area (Å²) < 4.78 is 7.52. The van der Waals surface area contributed by atoms with Crippen molar-refractivity contribution in [2.75, 3.05) is 32.8 Å². The second-order valence-electron chi connectivity index (χ2n) is 4.38. The van der Waals surface area contributed by atoms with Crippen molar-refractivity contribution < 1.29 is 4.74 Å². The van der Waals surface area contributed by atoms with Crippen molar-refractivity contribution >= 4 is 0 Å². The summed E-state index contributed by atoms with van der Waals surface area (Å²) in [5.74, 6) is 0. The Morgan fingerprint density at radius 2 is 2.12 bits per heavy atom. The van der Waals surface area contributed by atoms with Crippen LogP contribution in [-0.2, 0) is 24.8 Å². The first-order valence-electron chi connectivity index (χ1n) is 5.94. The highest BCUT2D eigenvalue weighted by molar-refractivity contribution is 5.19. The third-order valence-electron chi connectivity index (χ3n) is 3.07. The molecule has 1 fully saturated rings. The van der Waals surface area contributed by atoms with Gasteiger partial charge in [0.1, 0.15) is 0 Å². The van der Waals surface area contributed by atoms with Gasteiger partial charge in [-0.25, -0.2) is 0 Å². The molecule has 0 saturated carbocycles. The minimum Gasteiger partial charge on any atom is -0.379 e. The van der Waals surface area contributed by atoms with Crippen molar-refractivity contribution in [1.82, 2.24) is 9.47 Å². The lowest BCUT2D eigenvalue weighted by Gasteiger charge is -2.26. The zero-order valence-corrected chi connectivity index (χ0v) is 9.98. The lowest BCUT2D eigenvalue weighted by Crippen LogP contribution is -2.35. The summed E-state index contributed by atoms with van der Waals surface area (Å²) in [4.78, 5) is 2.44. The summed E-state index contributed by atoms with van der Waals surface area (Å²) >= 11 is 0. The number of nitrogens with zero attached hydrogens (tertiary/aromatic N) is 2. The molecule has 1 saturated heterocycles. The Labute approximate surface area is 97.0 Å². The van der Waals surface area contributed by atoms with E-state index in [1.165, 1.54) is 11.3 Å². The summed E-state index contributed by atoms with van der Waals surface area (Å²) in [7, 11) is 2.09. The first kappa shape index (κ1) is 11.6. The molecule has 2 N–H and O–H groups in total. The first-order valence-corrected chi connectivity index (χ1v) is 5.94. The van der Waals surface area contributed by atoms with Crippen LogP contribution in [0.1, 0.15) is 11.3 Å². The summed E-state index contributed by atoms with van der Waals surface area (Å²) in [6, 6.07) is 2.27. The largest absolute Gasteiger partial charge is 0.379 e. The molecule has 2 heterocycles. The van der Waals surface area contributed by atoms with E-state index < -0.39 is 0 Å². The molecule has 1 aliphatic heterocycles. The fourth-order valence-corrected chi connectivity index (χ4v) is 2.19. The molecule has 0 amide bonds. The van der Waals surface area contributed by atoms with Crippen LogP contribution in [0.2, 0.25) is 0 Å². The van der Waals surface area contributed by atoms with Crippen LogP contribution in [0.4, 0.5) is 0 Å². The molecule has 0 radical (unpaired) electrons. The highest BCUT2D eigenvalue weighted by Gasteiger charge is 2.12. The summed E-state index contributed by atoms with van der Waals surface area (Å²) in [5, 5.41) is 0. The minimum atomic E-state index is 0.717. The molecular formula is C12H21N3O. The summed E-state index contributed by atoms with van der Waals surface area (Å²) in [6.07, 6.45) is 3.17. The van der Waals surface area contributed by atoms with Crippen LogP contribution in [0.3, 0.4) is 0 Å². The van der Waals surface area contributed by atoms with Crippen molar-refractivity contribution in [3.05, 3.63) is 23.5 Å². The van der Waals surface area contributed by atoms with Crippen molar-refractivity contribution in [1.29, 1.82) is 0 Å². The highest BCUT2D eigenvalue weighted by atomic mass is 16.5. The highest BCUT2D eigenvalue weighted by Crippen LogP contribution is 2.11. The summed E-state index contributed by atoms with van der Waals surface area (Å²) in [6.45, 7) is 5.56. The third-order valence-corrected chi connectivity index (χ3v) is 3.07. The van der Waals surface area contributed by atoms with Gasteiger partial charge in [0.25, 0.3) is 0 Å². The Morgan fingerprint density at radius 1 is 1.38 bits per heavy atom. The quantitative estimate of drug-likeness (QED) is 0.801. The van der Waals surface area contributed by atoms with Gasteiger partial charge in [0.15, 0.2) is 0 Å². The number of ether oxygens (including phenoxy) is 1. The molecule has 1 aromatic rings. The maximum absolute atomic E-state index is 5.58. The number of rotatable bonds is 4. The molecule has 90 valence electrons. The van der Waals surface area contributed by atoms with Gasteiger partial charge in [0, 0.05) is 38.6 Å². The maximum atomic E-state index is 5.58. The lowest BCUT2D eigenvalue weighted by atomic mass is 10.2. The van der Waals surface area contributed by atoms with Crippen molar-refractivity contribution in [2.24, 2.45) is 12.8 Å². The van der Waals surface area contributed by atoms with Crippen LogP contribution in [0.15, 0.2) is 12.3 Å². The van der Waals surface area contributed by atoms with Crippen LogP contribution in [-0.4, -0.2) is 42.3 Å². The van der Waals surface area contributed by atoms with Crippen LogP contribution < -0.4 is 5.73 Å². The number of morpholine rings is 1. The molecule has 4 heteroatoms. The van der Waals surface area contributed by atoms with E-state index in [-0.39, 0.29) is 0 Å². The molecule has 0 aromatic carbocycles. The Balaban J connectivity index is 1.95. The third kappa shape index (κ3) is 2.84. The van der Waals surface area contributed by atoms with E-state index in [4.69, 9.17) is 10.5 Å². The van der Waals surface area contributed by atoms with Crippen molar-refractivity contribution in [2.45, 2.75) is 13.0 Å². The van der Waals surface area contributed by atoms with Crippen LogP contribution in [0.25, 0.3) is 0 Å². The Bertz CT molecular complexity index is 329. The fourth-order valence-electron chi connectivity index (χ4n) is 2.19. The zero-order valence-electron chi connectivity index (χ0n) is 9.98. The first-order chi connectivity index (χ1) is 7.79. The van der Waals surface area contributed by atoms with Gasteiger partial charge in [-0.1, -0.05) is 0 Å². The molecule has 16 heavy (non-hydrogen) atoms. The Hall–Kier alpha value is -0.840. The second kappa shape index (κ2) is 5.48. The number of aryl methyl sites for hydroxylation is 1. The number of hydrogen-bond acceptors (Lipinski definition) is 3. The van der Waals surface area contributed by atoms with E-state index in [2.05, 4.69) is 28.8 Å². The van der Waals surface area contributed by atoms with Gasteiger partial charge in [-0.2, -0.15) is 0 Å². The molecule has 1 aromatic heterocycles. The van der Waals surface area contributed by atoms with Gasteiger partial charge in [-0.3, -0.25) is 4.90 Å². The van der Waals surface area contributed by atoms with Crippen LogP contribution >= 0.6 is 0 Å². The van der Waals surface area contributed by atoms with Gasteiger partial charge in [0.2, 0.25) is 0 Å². The topological polar surface area (TPSA) is 43.4 Å². The molecule has 0 spiro atoms. The standard InChI is InChI=1S/C12H21N3O/c1-14-9-11(8-12(14)2-3-13)10-15-4-6-16-7-5-15/h8-9H,2-7,10,13H2,1H3. The predicted octanol–water partition coefficient (Wildman–Crippen LogP) is 0.359. The van der Waals surface area contributed by atoms with Crippen LogP contribution in [0.5, 0.6) is 0 Å². The lowest BCUT2D eigenvalue weighted by molar-refractivity contribution is 0.0342. The second-order valence-corrected chi connectivity index (χ2v) is 4.38. The number of nitrogens with two attached hydrogens (primary N) is 1. The predicted molar refractivity (Wildman–Crippen MR) is 64.3 cm³/mol. The molecule has 4 nitrogen and oxygen atoms in total. The molecule has 1 aliphatic rings. The Kier molecular flexibility index (Phi) is 3.98. The number of hydrogen-bond donors (Lipinski definition) is 1. The molecule has 0 unspecified atom stereocenters. The van der Waals surface area contributed by atoms with E-state index in [9.17, 15) is 0 Å². The van der Waals surface area contributed by atoms with Gasteiger partial charge < -0.3 is 15.0 Å². The summed E-state index contributed by atoms with van der Waals surface area (Å²) in [5.41, 5.74) is 8.29. The van der Waals surface area contributed by atoms with E-state index in [1.807, 2.05) is 0 Å². The zero-order chi connectivity index (χ0) is 11.4. The molecular weight excluding hydrogens is 202 g/mol. The van der Waals surface area contributed by atoms with E-state index >= 15 is 0 Å². The fraction of sp³-hybridized carbons (Fsp3) is 0.667. The van der Waals surface area contributed by atoms with Gasteiger partial charge in [-0.15, -0.1) is 0 Å². The number of aromatic nitrogens is 1. The van der Waals surface area contributed by atoms with E-state index in [1.54, 1.807) is 0 Å². The monoisotopic (exact) mass is 223 g/mol. The average molecular weight is 223 g/mol. The molecule has 0 atom stereocenters. The van der Waals surface area contributed by atoms with Crippen molar-refractivity contribution in [3.8, 4) is 0 Å². The van der Waals surface area contributed by atoms with Gasteiger partial charge in [0.05, 0.1) is 13.2 Å². The van der Waals surface area contributed by atoms with Crippen LogP contribution in [0, 0.1) is 0 Å². The van der Waals surface area contributed by atoms with Gasteiger partial charge >= 0.3 is 0 Å². The average Bonchev–Trinajstić information content (AvgIpc) is 2.61. The molecule has 0 aliphatic carbocycles. The Morgan fingerprint density at radius 3 is 2.81 bits per heavy atom. The minimum absolute atomic E-state index is 0.717. The van der Waals surface area contributed by atoms with E-state index in [0.29, 0.717) is 0 Å². The SMILES string of the molecule is Cn1cc(CN2CCOCC2)cc1CCN. The molecule has 2 rings (SSSR count). The van der Waals surface area contributed by atoms with Crippen molar-refractivity contribution in [3.63, 3.8) is 0 Å². The molecule has 0 bridgehead atoms. The maximum Gasteiger partial charge on any atom is 0.0594 e.